The van der Waals surface area contributed by atoms with Gasteiger partial charge < -0.3 is 14.8 Å². The number of ether oxygens (including phenoxy) is 2. The summed E-state index contributed by atoms with van der Waals surface area (Å²) in [6.45, 7) is 5.04. The van der Waals surface area contributed by atoms with Crippen molar-refractivity contribution < 1.29 is 9.47 Å². The summed E-state index contributed by atoms with van der Waals surface area (Å²) in [5, 5.41) is 3.24. The Kier molecular flexibility index (Phi) is 5.20. The van der Waals surface area contributed by atoms with Crippen molar-refractivity contribution in [1.29, 1.82) is 0 Å². The zero-order valence-electron chi connectivity index (χ0n) is 9.75. The molecule has 1 rings (SSSR count). The third-order valence-electron chi connectivity index (χ3n) is 2.17. The Morgan fingerprint density at radius 2 is 2.06 bits per heavy atom. The van der Waals surface area contributed by atoms with Gasteiger partial charge in [0.1, 0.15) is 0 Å². The van der Waals surface area contributed by atoms with Gasteiger partial charge in [-0.3, -0.25) is 0 Å². The Balaban J connectivity index is 2.63. The molecule has 1 aromatic rings. The highest BCUT2D eigenvalue weighted by molar-refractivity contribution is 5.42. The van der Waals surface area contributed by atoms with Crippen LogP contribution in [0.25, 0.3) is 0 Å². The summed E-state index contributed by atoms with van der Waals surface area (Å²) in [6, 6.07) is 5.87. The van der Waals surface area contributed by atoms with E-state index in [0.717, 1.165) is 30.2 Å². The molecule has 0 spiro atoms. The summed E-state index contributed by atoms with van der Waals surface area (Å²) in [5.74, 6) is 1.50. The summed E-state index contributed by atoms with van der Waals surface area (Å²) >= 11 is 0. The average molecular weight is 219 g/mol. The van der Waals surface area contributed by atoms with Crippen LogP contribution in [-0.4, -0.2) is 20.8 Å². The lowest BCUT2D eigenvalue weighted by Gasteiger charge is -2.09. The monoisotopic (exact) mass is 219 g/mol. The molecule has 16 heavy (non-hydrogen) atoms. The van der Waals surface area contributed by atoms with Crippen LogP contribution in [0.5, 0.6) is 11.5 Å². The molecule has 0 aliphatic rings. The highest BCUT2D eigenvalue weighted by Gasteiger charge is 2.03. The molecule has 0 amide bonds. The fraction of sp³-hybridized carbons (Fsp3) is 0.308. The first-order valence-corrected chi connectivity index (χ1v) is 5.07. The maximum atomic E-state index is 5.22. The minimum atomic E-state index is 0.747. The standard InChI is InChI=1S/C13H17NO2/c1-4-5-8-14-10-11-6-7-12(15-2)13(9-11)16-3/h5-7,9,14H,1,8,10H2,2-3H3. The van der Waals surface area contributed by atoms with Gasteiger partial charge in [0.25, 0.3) is 0 Å². The molecule has 1 N–H and O–H groups in total. The normalized spacial score (nSPS) is 9.38. The fourth-order valence-electron chi connectivity index (χ4n) is 1.35. The van der Waals surface area contributed by atoms with Crippen molar-refractivity contribution in [2.75, 3.05) is 20.8 Å². The molecule has 3 heteroatoms. The van der Waals surface area contributed by atoms with Crippen LogP contribution < -0.4 is 14.8 Å². The van der Waals surface area contributed by atoms with Crippen LogP contribution in [0.15, 0.2) is 36.6 Å². The first-order valence-electron chi connectivity index (χ1n) is 5.07. The van der Waals surface area contributed by atoms with Crippen molar-refractivity contribution in [3.63, 3.8) is 0 Å². The van der Waals surface area contributed by atoms with E-state index in [1.165, 1.54) is 0 Å². The Morgan fingerprint density at radius 3 is 2.69 bits per heavy atom. The zero-order chi connectivity index (χ0) is 11.8. The van der Waals surface area contributed by atoms with Gasteiger partial charge in [-0.15, -0.1) is 5.73 Å². The highest BCUT2D eigenvalue weighted by Crippen LogP contribution is 2.27. The second kappa shape index (κ2) is 6.72. The second-order valence-corrected chi connectivity index (χ2v) is 3.23. The second-order valence-electron chi connectivity index (χ2n) is 3.23. The van der Waals surface area contributed by atoms with Crippen molar-refractivity contribution >= 4 is 0 Å². The number of hydrogen-bond acceptors (Lipinski definition) is 3. The number of methoxy groups -OCH3 is 2. The topological polar surface area (TPSA) is 30.5 Å². The molecule has 0 unspecified atom stereocenters. The summed E-state index contributed by atoms with van der Waals surface area (Å²) in [4.78, 5) is 0. The van der Waals surface area contributed by atoms with Crippen LogP contribution in [0.4, 0.5) is 0 Å². The number of benzene rings is 1. The predicted octanol–water partition coefficient (Wildman–Crippen LogP) is 2.13. The molecule has 0 aromatic heterocycles. The average Bonchev–Trinajstić information content (AvgIpc) is 2.34. The molecule has 0 atom stereocenters. The summed E-state index contributed by atoms with van der Waals surface area (Å²) in [5.41, 5.74) is 3.86. The summed E-state index contributed by atoms with van der Waals surface area (Å²) in [7, 11) is 3.26. The van der Waals surface area contributed by atoms with Crippen LogP contribution in [0.3, 0.4) is 0 Å². The fourth-order valence-corrected chi connectivity index (χ4v) is 1.35. The van der Waals surface area contributed by atoms with Gasteiger partial charge in [-0.25, -0.2) is 0 Å². The Labute approximate surface area is 96.4 Å². The Morgan fingerprint density at radius 1 is 1.31 bits per heavy atom. The maximum absolute atomic E-state index is 5.22. The smallest absolute Gasteiger partial charge is 0.161 e. The Hall–Kier alpha value is -1.70. The van der Waals surface area contributed by atoms with Crippen LogP contribution in [-0.2, 0) is 6.54 Å². The van der Waals surface area contributed by atoms with Crippen molar-refractivity contribution in [3.8, 4) is 11.5 Å². The quantitative estimate of drug-likeness (QED) is 0.587. The molecular formula is C13H17NO2. The molecule has 0 saturated heterocycles. The molecule has 0 fully saturated rings. The van der Waals surface area contributed by atoms with Crippen LogP contribution in [0, 0.1) is 0 Å². The van der Waals surface area contributed by atoms with Gasteiger partial charge in [0.2, 0.25) is 0 Å². The molecule has 0 bridgehead atoms. The van der Waals surface area contributed by atoms with Gasteiger partial charge in [-0.1, -0.05) is 12.6 Å². The van der Waals surface area contributed by atoms with E-state index < -0.39 is 0 Å². The zero-order valence-corrected chi connectivity index (χ0v) is 9.75. The Bertz CT molecular complexity index is 382. The van der Waals surface area contributed by atoms with E-state index in [0.29, 0.717) is 0 Å². The minimum Gasteiger partial charge on any atom is -0.493 e. The summed E-state index contributed by atoms with van der Waals surface area (Å²) < 4.78 is 10.4. The molecule has 1 aromatic carbocycles. The first-order chi connectivity index (χ1) is 7.81. The number of rotatable bonds is 6. The lowest BCUT2D eigenvalue weighted by atomic mass is 10.2. The molecule has 0 saturated carbocycles. The molecule has 0 aliphatic heterocycles. The van der Waals surface area contributed by atoms with E-state index in [1.54, 1.807) is 14.2 Å². The van der Waals surface area contributed by atoms with Crippen molar-refractivity contribution in [2.24, 2.45) is 0 Å². The third-order valence-corrected chi connectivity index (χ3v) is 2.17. The van der Waals surface area contributed by atoms with E-state index >= 15 is 0 Å². The van der Waals surface area contributed by atoms with Crippen LogP contribution in [0.2, 0.25) is 0 Å². The summed E-state index contributed by atoms with van der Waals surface area (Å²) in [6.07, 6.45) is 1.85. The van der Waals surface area contributed by atoms with Gasteiger partial charge in [0, 0.05) is 13.1 Å². The van der Waals surface area contributed by atoms with Crippen LogP contribution in [0.1, 0.15) is 5.56 Å². The molecular weight excluding hydrogens is 202 g/mol. The van der Waals surface area contributed by atoms with Gasteiger partial charge in [0.15, 0.2) is 11.5 Å². The third kappa shape index (κ3) is 3.46. The van der Waals surface area contributed by atoms with Gasteiger partial charge in [-0.05, 0) is 23.8 Å². The van der Waals surface area contributed by atoms with Gasteiger partial charge in [0.05, 0.1) is 14.2 Å². The van der Waals surface area contributed by atoms with Crippen LogP contribution >= 0.6 is 0 Å². The predicted molar refractivity (Wildman–Crippen MR) is 65.0 cm³/mol. The number of nitrogens with one attached hydrogen (secondary N) is 1. The van der Waals surface area contributed by atoms with Gasteiger partial charge in [-0.2, -0.15) is 0 Å². The van der Waals surface area contributed by atoms with E-state index in [1.807, 2.05) is 24.3 Å². The van der Waals surface area contributed by atoms with Crippen molar-refractivity contribution in [3.05, 3.63) is 42.1 Å². The molecule has 86 valence electrons. The molecule has 3 nitrogen and oxygen atoms in total. The minimum absolute atomic E-state index is 0.747. The number of hydrogen-bond donors (Lipinski definition) is 1. The SMILES string of the molecule is C=C=CCNCc1ccc(OC)c(OC)c1. The van der Waals surface area contributed by atoms with E-state index in [2.05, 4.69) is 17.6 Å². The van der Waals surface area contributed by atoms with Gasteiger partial charge >= 0.3 is 0 Å². The largest absolute Gasteiger partial charge is 0.493 e. The van der Waals surface area contributed by atoms with E-state index in [9.17, 15) is 0 Å². The maximum Gasteiger partial charge on any atom is 0.161 e. The lowest BCUT2D eigenvalue weighted by Crippen LogP contribution is -2.12. The highest BCUT2D eigenvalue weighted by atomic mass is 16.5. The van der Waals surface area contributed by atoms with Crippen molar-refractivity contribution in [1.82, 2.24) is 5.32 Å². The lowest BCUT2D eigenvalue weighted by molar-refractivity contribution is 0.354. The van der Waals surface area contributed by atoms with E-state index in [4.69, 9.17) is 9.47 Å². The van der Waals surface area contributed by atoms with E-state index in [-0.39, 0.29) is 0 Å². The molecule has 0 heterocycles. The first kappa shape index (κ1) is 12.4. The van der Waals surface area contributed by atoms with Crippen molar-refractivity contribution in [2.45, 2.75) is 6.54 Å². The molecule has 0 aliphatic carbocycles. The molecule has 0 radical (unpaired) electrons.